The van der Waals surface area contributed by atoms with E-state index in [0.717, 1.165) is 17.9 Å². The van der Waals surface area contributed by atoms with Gasteiger partial charge in [0, 0.05) is 12.7 Å². The monoisotopic (exact) mass is 224 g/mol. The van der Waals surface area contributed by atoms with Crippen LogP contribution in [-0.4, -0.2) is 4.98 Å². The summed E-state index contributed by atoms with van der Waals surface area (Å²) in [6, 6.07) is 12.2. The molecule has 0 saturated carbocycles. The Kier molecular flexibility index (Phi) is 3.55. The van der Waals surface area contributed by atoms with Crippen molar-refractivity contribution in [3.8, 4) is 0 Å². The number of rotatable bonds is 4. The molecule has 2 nitrogen and oxygen atoms in total. The van der Waals surface area contributed by atoms with Gasteiger partial charge in [-0.2, -0.15) is 0 Å². The Labute approximate surface area is 102 Å². The van der Waals surface area contributed by atoms with E-state index in [1.165, 1.54) is 11.1 Å². The first-order valence-corrected chi connectivity index (χ1v) is 5.66. The molecule has 0 aliphatic rings. The standard InChI is InChI=1S/C15H16N2/c1-3-13-7-8-14(12(2)10-13)11-17-15-6-4-5-9-16-15/h3-10H,1,11H2,2H3,(H,16,17). The van der Waals surface area contributed by atoms with Crippen LogP contribution in [0.1, 0.15) is 16.7 Å². The SMILES string of the molecule is C=Cc1ccc(CNc2ccccn2)c(C)c1. The van der Waals surface area contributed by atoms with Crippen LogP contribution in [0.2, 0.25) is 0 Å². The lowest BCUT2D eigenvalue weighted by Gasteiger charge is -2.09. The molecule has 0 amide bonds. The molecule has 0 radical (unpaired) electrons. The van der Waals surface area contributed by atoms with Crippen LogP contribution in [-0.2, 0) is 6.54 Å². The average Bonchev–Trinajstić information content (AvgIpc) is 2.38. The van der Waals surface area contributed by atoms with E-state index in [1.54, 1.807) is 6.20 Å². The molecule has 0 unspecified atom stereocenters. The molecular formula is C15H16N2. The van der Waals surface area contributed by atoms with Crippen LogP contribution in [0.25, 0.3) is 6.08 Å². The fourth-order valence-electron chi connectivity index (χ4n) is 1.70. The quantitative estimate of drug-likeness (QED) is 0.857. The molecule has 0 aliphatic heterocycles. The fourth-order valence-corrected chi connectivity index (χ4v) is 1.70. The van der Waals surface area contributed by atoms with Crippen LogP contribution in [0.5, 0.6) is 0 Å². The normalized spacial score (nSPS) is 9.94. The zero-order valence-electron chi connectivity index (χ0n) is 9.98. The van der Waals surface area contributed by atoms with Crippen LogP contribution < -0.4 is 5.32 Å². The molecule has 1 aromatic heterocycles. The van der Waals surface area contributed by atoms with Crippen molar-refractivity contribution in [1.82, 2.24) is 4.98 Å². The van der Waals surface area contributed by atoms with E-state index in [2.05, 4.69) is 42.0 Å². The van der Waals surface area contributed by atoms with Crippen molar-refractivity contribution in [2.45, 2.75) is 13.5 Å². The number of anilines is 1. The molecule has 2 aromatic rings. The van der Waals surface area contributed by atoms with Crippen LogP contribution in [0.3, 0.4) is 0 Å². The summed E-state index contributed by atoms with van der Waals surface area (Å²) in [6.07, 6.45) is 3.65. The number of pyridine rings is 1. The highest BCUT2D eigenvalue weighted by Gasteiger charge is 1.99. The summed E-state index contributed by atoms with van der Waals surface area (Å²) in [5.74, 6) is 0.902. The predicted molar refractivity (Wildman–Crippen MR) is 72.8 cm³/mol. The molecule has 0 atom stereocenters. The van der Waals surface area contributed by atoms with Gasteiger partial charge in [0.25, 0.3) is 0 Å². The van der Waals surface area contributed by atoms with Crippen LogP contribution >= 0.6 is 0 Å². The van der Waals surface area contributed by atoms with Gasteiger partial charge in [0.1, 0.15) is 5.82 Å². The molecule has 2 heteroatoms. The maximum absolute atomic E-state index is 4.23. The van der Waals surface area contributed by atoms with Gasteiger partial charge in [-0.15, -0.1) is 0 Å². The number of hydrogen-bond donors (Lipinski definition) is 1. The van der Waals surface area contributed by atoms with Crippen LogP contribution in [0.15, 0.2) is 49.2 Å². The third kappa shape index (κ3) is 2.94. The highest BCUT2D eigenvalue weighted by atomic mass is 15.0. The van der Waals surface area contributed by atoms with Crippen molar-refractivity contribution in [1.29, 1.82) is 0 Å². The summed E-state index contributed by atoms with van der Waals surface area (Å²) < 4.78 is 0. The Bertz CT molecular complexity index is 504. The number of benzene rings is 1. The molecule has 86 valence electrons. The number of hydrogen-bond acceptors (Lipinski definition) is 2. The minimum Gasteiger partial charge on any atom is -0.366 e. The highest BCUT2D eigenvalue weighted by Crippen LogP contribution is 2.13. The minimum absolute atomic E-state index is 0.792. The fraction of sp³-hybridized carbons (Fsp3) is 0.133. The highest BCUT2D eigenvalue weighted by molar-refractivity contribution is 5.50. The largest absolute Gasteiger partial charge is 0.366 e. The Morgan fingerprint density at radius 3 is 2.82 bits per heavy atom. The van der Waals surface area contributed by atoms with Gasteiger partial charge in [0.2, 0.25) is 0 Å². The van der Waals surface area contributed by atoms with Crippen LogP contribution in [0, 0.1) is 6.92 Å². The second kappa shape index (κ2) is 5.30. The molecule has 0 saturated heterocycles. The smallest absolute Gasteiger partial charge is 0.126 e. The van der Waals surface area contributed by atoms with Gasteiger partial charge in [-0.3, -0.25) is 0 Å². The zero-order chi connectivity index (χ0) is 12.1. The summed E-state index contributed by atoms with van der Waals surface area (Å²) in [6.45, 7) is 6.68. The van der Waals surface area contributed by atoms with E-state index in [1.807, 2.05) is 24.3 Å². The van der Waals surface area contributed by atoms with E-state index >= 15 is 0 Å². The third-order valence-corrected chi connectivity index (χ3v) is 2.73. The molecule has 0 bridgehead atoms. The zero-order valence-corrected chi connectivity index (χ0v) is 9.98. The van der Waals surface area contributed by atoms with E-state index < -0.39 is 0 Å². The Balaban J connectivity index is 2.07. The molecule has 0 aliphatic carbocycles. The maximum atomic E-state index is 4.23. The lowest BCUT2D eigenvalue weighted by molar-refractivity contribution is 1.09. The second-order valence-electron chi connectivity index (χ2n) is 3.96. The van der Waals surface area contributed by atoms with Crippen molar-refractivity contribution < 1.29 is 0 Å². The van der Waals surface area contributed by atoms with Gasteiger partial charge >= 0.3 is 0 Å². The number of aryl methyl sites for hydroxylation is 1. The average molecular weight is 224 g/mol. The summed E-state index contributed by atoms with van der Waals surface area (Å²) in [5.41, 5.74) is 3.70. The molecule has 2 rings (SSSR count). The van der Waals surface area contributed by atoms with Gasteiger partial charge < -0.3 is 5.32 Å². The summed E-state index contributed by atoms with van der Waals surface area (Å²) in [4.78, 5) is 4.23. The maximum Gasteiger partial charge on any atom is 0.126 e. The lowest BCUT2D eigenvalue weighted by Crippen LogP contribution is -2.02. The van der Waals surface area contributed by atoms with Gasteiger partial charge in [-0.25, -0.2) is 4.98 Å². The van der Waals surface area contributed by atoms with Crippen molar-refractivity contribution in [3.63, 3.8) is 0 Å². The number of nitrogens with one attached hydrogen (secondary N) is 1. The Hall–Kier alpha value is -2.09. The first kappa shape index (κ1) is 11.4. The summed E-state index contributed by atoms with van der Waals surface area (Å²) in [7, 11) is 0. The molecule has 0 fully saturated rings. The van der Waals surface area contributed by atoms with E-state index in [9.17, 15) is 0 Å². The summed E-state index contributed by atoms with van der Waals surface area (Å²) >= 11 is 0. The van der Waals surface area contributed by atoms with E-state index in [-0.39, 0.29) is 0 Å². The molecule has 1 N–H and O–H groups in total. The minimum atomic E-state index is 0.792. The van der Waals surface area contributed by atoms with Crippen molar-refractivity contribution in [2.24, 2.45) is 0 Å². The molecule has 1 heterocycles. The topological polar surface area (TPSA) is 24.9 Å². The number of nitrogens with zero attached hydrogens (tertiary/aromatic N) is 1. The van der Waals surface area contributed by atoms with Crippen LogP contribution in [0.4, 0.5) is 5.82 Å². The van der Waals surface area contributed by atoms with E-state index in [4.69, 9.17) is 0 Å². The molecule has 1 aromatic carbocycles. The van der Waals surface area contributed by atoms with Gasteiger partial charge in [0.05, 0.1) is 0 Å². The van der Waals surface area contributed by atoms with Gasteiger partial charge in [0.15, 0.2) is 0 Å². The second-order valence-corrected chi connectivity index (χ2v) is 3.96. The molecular weight excluding hydrogens is 208 g/mol. The Morgan fingerprint density at radius 1 is 1.29 bits per heavy atom. The van der Waals surface area contributed by atoms with Gasteiger partial charge in [-0.05, 0) is 35.7 Å². The third-order valence-electron chi connectivity index (χ3n) is 2.73. The molecule has 17 heavy (non-hydrogen) atoms. The van der Waals surface area contributed by atoms with E-state index in [0.29, 0.717) is 0 Å². The Morgan fingerprint density at radius 2 is 2.18 bits per heavy atom. The predicted octanol–water partition coefficient (Wildman–Crippen LogP) is 3.65. The first-order valence-electron chi connectivity index (χ1n) is 5.66. The summed E-state index contributed by atoms with van der Waals surface area (Å²) in [5, 5.41) is 3.30. The van der Waals surface area contributed by atoms with Gasteiger partial charge in [-0.1, -0.05) is 36.9 Å². The first-order chi connectivity index (χ1) is 8.29. The number of aromatic nitrogens is 1. The van der Waals surface area contributed by atoms with Crippen molar-refractivity contribution in [2.75, 3.05) is 5.32 Å². The lowest BCUT2D eigenvalue weighted by atomic mass is 10.1. The van der Waals surface area contributed by atoms with Crippen molar-refractivity contribution >= 4 is 11.9 Å². The van der Waals surface area contributed by atoms with Crippen molar-refractivity contribution in [3.05, 3.63) is 65.9 Å². The molecule has 0 spiro atoms.